The average Bonchev–Trinajstić information content (AvgIpc) is 2.30. The van der Waals surface area contributed by atoms with E-state index in [9.17, 15) is 0 Å². The SMILES string of the molecule is COCC(C)Oc1ccc(C)cc1C#CCCl. The third kappa shape index (κ3) is 4.68. The molecule has 0 bridgehead atoms. The molecule has 92 valence electrons. The van der Waals surface area contributed by atoms with Crippen molar-refractivity contribution in [1.29, 1.82) is 0 Å². The van der Waals surface area contributed by atoms with Crippen molar-refractivity contribution in [3.63, 3.8) is 0 Å². The number of benzene rings is 1. The molecule has 1 unspecified atom stereocenters. The van der Waals surface area contributed by atoms with Gasteiger partial charge >= 0.3 is 0 Å². The molecule has 0 spiro atoms. The summed E-state index contributed by atoms with van der Waals surface area (Å²) in [6.45, 7) is 4.53. The van der Waals surface area contributed by atoms with Gasteiger partial charge in [0.1, 0.15) is 11.9 Å². The Balaban J connectivity index is 2.89. The molecule has 1 rings (SSSR count). The quantitative estimate of drug-likeness (QED) is 0.606. The van der Waals surface area contributed by atoms with Crippen LogP contribution in [0.2, 0.25) is 0 Å². The van der Waals surface area contributed by atoms with Gasteiger partial charge in [-0.15, -0.1) is 11.6 Å². The van der Waals surface area contributed by atoms with E-state index in [0.29, 0.717) is 12.5 Å². The van der Waals surface area contributed by atoms with Crippen molar-refractivity contribution in [2.45, 2.75) is 20.0 Å². The first-order valence-electron chi connectivity index (χ1n) is 5.48. The summed E-state index contributed by atoms with van der Waals surface area (Å²) < 4.78 is 10.8. The maximum absolute atomic E-state index is 5.77. The highest BCUT2D eigenvalue weighted by Crippen LogP contribution is 2.20. The summed E-state index contributed by atoms with van der Waals surface area (Å²) in [4.78, 5) is 0. The van der Waals surface area contributed by atoms with Gasteiger partial charge in [0, 0.05) is 7.11 Å². The Morgan fingerprint density at radius 3 is 2.82 bits per heavy atom. The van der Waals surface area contributed by atoms with Crippen molar-refractivity contribution in [3.8, 4) is 17.6 Å². The minimum absolute atomic E-state index is 0.000687. The minimum atomic E-state index is -0.000687. The van der Waals surface area contributed by atoms with Gasteiger partial charge in [0.25, 0.3) is 0 Å². The van der Waals surface area contributed by atoms with Crippen LogP contribution < -0.4 is 4.74 Å². The zero-order chi connectivity index (χ0) is 12.7. The van der Waals surface area contributed by atoms with E-state index in [2.05, 4.69) is 11.8 Å². The zero-order valence-electron chi connectivity index (χ0n) is 10.4. The van der Waals surface area contributed by atoms with E-state index in [1.165, 1.54) is 0 Å². The molecule has 0 N–H and O–H groups in total. The molecular formula is C14H17ClO2. The van der Waals surface area contributed by atoms with Crippen LogP contribution in [-0.4, -0.2) is 25.7 Å². The van der Waals surface area contributed by atoms with Gasteiger partial charge in [-0.1, -0.05) is 17.9 Å². The van der Waals surface area contributed by atoms with Crippen LogP contribution in [0.1, 0.15) is 18.1 Å². The first-order chi connectivity index (χ1) is 8.17. The molecule has 0 aliphatic heterocycles. The normalized spacial score (nSPS) is 11.5. The van der Waals surface area contributed by atoms with Crippen molar-refractivity contribution in [2.24, 2.45) is 0 Å². The van der Waals surface area contributed by atoms with Crippen LogP contribution >= 0.6 is 11.6 Å². The van der Waals surface area contributed by atoms with Crippen molar-refractivity contribution in [3.05, 3.63) is 29.3 Å². The Hall–Kier alpha value is -1.17. The molecule has 2 nitrogen and oxygen atoms in total. The molecule has 17 heavy (non-hydrogen) atoms. The molecule has 0 aromatic heterocycles. The number of aryl methyl sites for hydroxylation is 1. The highest BCUT2D eigenvalue weighted by molar-refractivity contribution is 6.19. The second kappa shape index (κ2) is 7.21. The van der Waals surface area contributed by atoms with Gasteiger partial charge in [-0.2, -0.15) is 0 Å². The molecule has 0 aliphatic rings. The van der Waals surface area contributed by atoms with Crippen LogP contribution in [0.5, 0.6) is 5.75 Å². The molecule has 1 aromatic carbocycles. The van der Waals surface area contributed by atoms with E-state index in [0.717, 1.165) is 16.9 Å². The van der Waals surface area contributed by atoms with Gasteiger partial charge in [0.15, 0.2) is 0 Å². The fourth-order valence-electron chi connectivity index (χ4n) is 1.46. The Morgan fingerprint density at radius 2 is 2.18 bits per heavy atom. The van der Waals surface area contributed by atoms with Crippen molar-refractivity contribution in [1.82, 2.24) is 0 Å². The maximum atomic E-state index is 5.77. The summed E-state index contributed by atoms with van der Waals surface area (Å²) in [6, 6.07) is 5.93. The second-order valence-corrected chi connectivity index (χ2v) is 4.09. The maximum Gasteiger partial charge on any atom is 0.135 e. The number of methoxy groups -OCH3 is 1. The molecular weight excluding hydrogens is 236 g/mol. The average molecular weight is 253 g/mol. The fraction of sp³-hybridized carbons (Fsp3) is 0.429. The number of halogens is 1. The highest BCUT2D eigenvalue weighted by Gasteiger charge is 2.07. The largest absolute Gasteiger partial charge is 0.487 e. The molecule has 0 aliphatic carbocycles. The lowest BCUT2D eigenvalue weighted by molar-refractivity contribution is 0.0919. The van der Waals surface area contributed by atoms with Crippen LogP contribution in [0.3, 0.4) is 0 Å². The molecule has 3 heteroatoms. The molecule has 0 amide bonds. The van der Waals surface area contributed by atoms with Crippen LogP contribution in [0, 0.1) is 18.8 Å². The van der Waals surface area contributed by atoms with Crippen LogP contribution in [0.15, 0.2) is 18.2 Å². The standard InChI is InChI=1S/C14H17ClO2/c1-11-6-7-14(17-12(2)10-16-3)13(9-11)5-4-8-15/h6-7,9,12H,8,10H2,1-3H3. The van der Waals surface area contributed by atoms with E-state index < -0.39 is 0 Å². The van der Waals surface area contributed by atoms with Gasteiger partial charge in [0.05, 0.1) is 18.1 Å². The molecule has 0 saturated carbocycles. The van der Waals surface area contributed by atoms with E-state index in [-0.39, 0.29) is 6.10 Å². The van der Waals surface area contributed by atoms with Crippen LogP contribution in [-0.2, 0) is 4.74 Å². The fourth-order valence-corrected chi connectivity index (χ4v) is 1.53. The summed E-state index contributed by atoms with van der Waals surface area (Å²) in [7, 11) is 1.66. The van der Waals surface area contributed by atoms with Gasteiger partial charge in [0.2, 0.25) is 0 Å². The molecule has 0 radical (unpaired) electrons. The van der Waals surface area contributed by atoms with Gasteiger partial charge in [-0.25, -0.2) is 0 Å². The van der Waals surface area contributed by atoms with Gasteiger partial charge < -0.3 is 9.47 Å². The van der Waals surface area contributed by atoms with Crippen molar-refractivity contribution < 1.29 is 9.47 Å². The number of hydrogen-bond donors (Lipinski definition) is 0. The number of alkyl halides is 1. The summed E-state index contributed by atoms with van der Waals surface area (Å²) in [6.07, 6.45) is -0.000687. The Kier molecular flexibility index (Phi) is 5.90. The second-order valence-electron chi connectivity index (χ2n) is 3.82. The highest BCUT2D eigenvalue weighted by atomic mass is 35.5. The summed E-state index contributed by atoms with van der Waals surface area (Å²) in [5.74, 6) is 6.94. The van der Waals surface area contributed by atoms with Crippen molar-refractivity contribution in [2.75, 3.05) is 19.6 Å². The lowest BCUT2D eigenvalue weighted by Gasteiger charge is -2.15. The summed E-state index contributed by atoms with van der Waals surface area (Å²) in [5.41, 5.74) is 2.02. The van der Waals surface area contributed by atoms with Crippen molar-refractivity contribution >= 4 is 11.6 Å². The first kappa shape index (κ1) is 13.9. The molecule has 1 aromatic rings. The Bertz CT molecular complexity index is 418. The molecule has 1 atom stereocenters. The van der Waals surface area contributed by atoms with Crippen LogP contribution in [0.4, 0.5) is 0 Å². The Morgan fingerprint density at radius 1 is 1.41 bits per heavy atom. The predicted octanol–water partition coefficient (Wildman–Crippen LogP) is 3.00. The molecule has 0 saturated heterocycles. The summed E-state index contributed by atoms with van der Waals surface area (Å²) >= 11 is 5.56. The van der Waals surface area contributed by atoms with E-state index in [1.807, 2.05) is 32.0 Å². The minimum Gasteiger partial charge on any atom is -0.487 e. The van der Waals surface area contributed by atoms with Crippen LogP contribution in [0.25, 0.3) is 0 Å². The number of hydrogen-bond acceptors (Lipinski definition) is 2. The number of ether oxygens (including phenoxy) is 2. The predicted molar refractivity (Wildman–Crippen MR) is 70.7 cm³/mol. The van der Waals surface area contributed by atoms with E-state index >= 15 is 0 Å². The topological polar surface area (TPSA) is 18.5 Å². The Labute approximate surface area is 108 Å². The third-order valence-electron chi connectivity index (χ3n) is 2.15. The van der Waals surface area contributed by atoms with E-state index in [1.54, 1.807) is 7.11 Å². The first-order valence-corrected chi connectivity index (χ1v) is 6.02. The van der Waals surface area contributed by atoms with Gasteiger partial charge in [-0.05, 0) is 31.5 Å². The zero-order valence-corrected chi connectivity index (χ0v) is 11.2. The lowest BCUT2D eigenvalue weighted by atomic mass is 10.1. The lowest BCUT2D eigenvalue weighted by Crippen LogP contribution is -2.18. The monoisotopic (exact) mass is 252 g/mol. The molecule has 0 heterocycles. The third-order valence-corrected chi connectivity index (χ3v) is 2.29. The smallest absolute Gasteiger partial charge is 0.135 e. The number of rotatable bonds is 4. The molecule has 0 fully saturated rings. The summed E-state index contributed by atoms with van der Waals surface area (Å²) in [5, 5.41) is 0. The van der Waals surface area contributed by atoms with E-state index in [4.69, 9.17) is 21.1 Å². The van der Waals surface area contributed by atoms with Gasteiger partial charge in [-0.3, -0.25) is 0 Å².